The first-order valence-electron chi connectivity index (χ1n) is 10.9. The van der Waals surface area contributed by atoms with E-state index in [1.165, 1.54) is 0 Å². The number of alkyl carbamates (subject to hydrolysis) is 1. The van der Waals surface area contributed by atoms with E-state index in [0.717, 1.165) is 35.0 Å². The fourth-order valence-electron chi connectivity index (χ4n) is 3.60. The number of para-hydroxylation sites is 1. The van der Waals surface area contributed by atoms with E-state index in [9.17, 15) is 9.59 Å². The van der Waals surface area contributed by atoms with Crippen molar-refractivity contribution in [2.24, 2.45) is 0 Å². The van der Waals surface area contributed by atoms with Gasteiger partial charge in [-0.1, -0.05) is 48.5 Å². The third-order valence-corrected chi connectivity index (χ3v) is 5.13. The van der Waals surface area contributed by atoms with Crippen LogP contribution in [0, 0.1) is 0 Å². The molecule has 0 fully saturated rings. The molecular formula is C26H33N3O3. The summed E-state index contributed by atoms with van der Waals surface area (Å²) >= 11 is 0. The molecule has 6 nitrogen and oxygen atoms in total. The van der Waals surface area contributed by atoms with E-state index < -0.39 is 17.7 Å². The van der Waals surface area contributed by atoms with Gasteiger partial charge in [-0.05, 0) is 58.5 Å². The molecule has 3 rings (SSSR count). The van der Waals surface area contributed by atoms with Crippen LogP contribution in [0.1, 0.15) is 36.7 Å². The van der Waals surface area contributed by atoms with E-state index in [0.29, 0.717) is 6.42 Å². The van der Waals surface area contributed by atoms with E-state index in [2.05, 4.69) is 10.2 Å². The van der Waals surface area contributed by atoms with Gasteiger partial charge in [-0.2, -0.15) is 0 Å². The Kier molecular flexibility index (Phi) is 7.36. The summed E-state index contributed by atoms with van der Waals surface area (Å²) in [6.07, 6.45) is 1.46. The summed E-state index contributed by atoms with van der Waals surface area (Å²) in [5.74, 6) is -0.259. The van der Waals surface area contributed by atoms with Crippen LogP contribution < -0.4 is 5.32 Å². The van der Waals surface area contributed by atoms with E-state index in [1.54, 1.807) is 4.57 Å². The summed E-state index contributed by atoms with van der Waals surface area (Å²) in [6.45, 7) is 6.50. The van der Waals surface area contributed by atoms with Crippen LogP contribution in [0.5, 0.6) is 0 Å². The van der Waals surface area contributed by atoms with E-state index in [-0.39, 0.29) is 5.91 Å². The number of nitrogens with zero attached hydrogens (tertiary/aromatic N) is 2. The SMILES string of the molecule is CN(C)CCc1cn(C(=O)[C@H](Cc2ccccc2)OC(=O)NC(C)(C)C)c2ccccc12. The lowest BCUT2D eigenvalue weighted by molar-refractivity contribution is 0.0535. The predicted octanol–water partition coefficient (Wildman–Crippen LogP) is 4.52. The molecule has 1 aromatic heterocycles. The Balaban J connectivity index is 1.94. The Labute approximate surface area is 190 Å². The second kappa shape index (κ2) is 10.0. The molecular weight excluding hydrogens is 402 g/mol. The molecule has 32 heavy (non-hydrogen) atoms. The third-order valence-electron chi connectivity index (χ3n) is 5.13. The van der Waals surface area contributed by atoms with Gasteiger partial charge in [-0.3, -0.25) is 9.36 Å². The molecule has 2 aromatic carbocycles. The molecule has 0 saturated heterocycles. The molecule has 0 spiro atoms. The molecule has 0 unspecified atom stereocenters. The first-order chi connectivity index (χ1) is 15.1. The summed E-state index contributed by atoms with van der Waals surface area (Å²) < 4.78 is 7.31. The second-order valence-electron chi connectivity index (χ2n) is 9.39. The van der Waals surface area contributed by atoms with Gasteiger partial charge >= 0.3 is 6.09 Å². The maximum Gasteiger partial charge on any atom is 0.408 e. The van der Waals surface area contributed by atoms with Crippen molar-refractivity contribution in [3.8, 4) is 0 Å². The Hall–Kier alpha value is -3.12. The van der Waals surface area contributed by atoms with Gasteiger partial charge in [0.2, 0.25) is 0 Å². The van der Waals surface area contributed by atoms with Crippen LogP contribution in [0.2, 0.25) is 0 Å². The number of benzene rings is 2. The predicted molar refractivity (Wildman–Crippen MR) is 128 cm³/mol. The standard InChI is InChI=1S/C26H33N3O3/c1-26(2,3)27-25(31)32-23(17-19-11-7-6-8-12-19)24(30)29-18-20(15-16-28(4)5)21-13-9-10-14-22(21)29/h6-14,18,23H,15-17H2,1-5H3,(H,27,31)/t23-/m0/s1. The Morgan fingerprint density at radius 1 is 1.03 bits per heavy atom. The minimum Gasteiger partial charge on any atom is -0.436 e. The highest BCUT2D eigenvalue weighted by Crippen LogP contribution is 2.23. The van der Waals surface area contributed by atoms with E-state index in [1.807, 2.05) is 95.7 Å². The number of nitrogens with one attached hydrogen (secondary N) is 1. The minimum atomic E-state index is -0.947. The Bertz CT molecular complexity index is 1060. The van der Waals surface area contributed by atoms with Gasteiger partial charge in [-0.15, -0.1) is 0 Å². The summed E-state index contributed by atoms with van der Waals surface area (Å²) in [4.78, 5) is 28.3. The van der Waals surface area contributed by atoms with Gasteiger partial charge in [0.25, 0.3) is 5.91 Å². The largest absolute Gasteiger partial charge is 0.436 e. The fourth-order valence-corrected chi connectivity index (χ4v) is 3.60. The van der Waals surface area contributed by atoms with Crippen molar-refractivity contribution >= 4 is 22.9 Å². The third kappa shape index (κ3) is 6.20. The molecule has 0 radical (unpaired) electrons. The van der Waals surface area contributed by atoms with Gasteiger partial charge in [0.05, 0.1) is 5.52 Å². The molecule has 0 aliphatic rings. The average molecular weight is 436 g/mol. The molecule has 1 N–H and O–H groups in total. The van der Waals surface area contributed by atoms with Crippen LogP contribution >= 0.6 is 0 Å². The summed E-state index contributed by atoms with van der Waals surface area (Å²) in [7, 11) is 4.06. The number of aromatic nitrogens is 1. The highest BCUT2D eigenvalue weighted by molar-refractivity contribution is 5.97. The summed E-state index contributed by atoms with van der Waals surface area (Å²) in [6, 6.07) is 17.5. The van der Waals surface area contributed by atoms with Crippen molar-refractivity contribution in [3.05, 3.63) is 71.9 Å². The van der Waals surface area contributed by atoms with Crippen molar-refractivity contribution in [2.75, 3.05) is 20.6 Å². The second-order valence-corrected chi connectivity index (χ2v) is 9.39. The number of carbonyl (C=O) groups is 2. The molecule has 1 atom stereocenters. The van der Waals surface area contributed by atoms with Gasteiger partial charge in [0.1, 0.15) is 0 Å². The average Bonchev–Trinajstić information content (AvgIpc) is 3.09. The Morgan fingerprint density at radius 2 is 1.69 bits per heavy atom. The van der Waals surface area contributed by atoms with Crippen LogP contribution in [-0.4, -0.2) is 53.8 Å². The maximum absolute atomic E-state index is 13.7. The highest BCUT2D eigenvalue weighted by Gasteiger charge is 2.28. The fraction of sp³-hybridized carbons (Fsp3) is 0.385. The lowest BCUT2D eigenvalue weighted by Gasteiger charge is -2.23. The normalized spacial score (nSPS) is 12.7. The topological polar surface area (TPSA) is 63.6 Å². The first-order valence-corrected chi connectivity index (χ1v) is 10.9. The van der Waals surface area contributed by atoms with Crippen molar-refractivity contribution in [1.29, 1.82) is 0 Å². The molecule has 0 aliphatic carbocycles. The molecule has 1 heterocycles. The van der Waals surface area contributed by atoms with Gasteiger partial charge < -0.3 is 15.0 Å². The molecule has 0 bridgehead atoms. The van der Waals surface area contributed by atoms with E-state index in [4.69, 9.17) is 4.74 Å². The number of amides is 1. The number of hydrogen-bond donors (Lipinski definition) is 1. The van der Waals surface area contributed by atoms with Crippen molar-refractivity contribution in [3.63, 3.8) is 0 Å². The van der Waals surface area contributed by atoms with Crippen molar-refractivity contribution in [1.82, 2.24) is 14.8 Å². The maximum atomic E-state index is 13.7. The lowest BCUT2D eigenvalue weighted by atomic mass is 10.1. The number of hydrogen-bond acceptors (Lipinski definition) is 4. The lowest BCUT2D eigenvalue weighted by Crippen LogP contribution is -2.44. The number of rotatable bonds is 7. The molecule has 170 valence electrons. The molecule has 0 saturated carbocycles. The van der Waals surface area contributed by atoms with Crippen LogP contribution in [0.15, 0.2) is 60.8 Å². The Morgan fingerprint density at radius 3 is 2.34 bits per heavy atom. The van der Waals surface area contributed by atoms with Crippen LogP contribution in [0.3, 0.4) is 0 Å². The molecule has 6 heteroatoms. The zero-order valence-electron chi connectivity index (χ0n) is 19.6. The number of ether oxygens (including phenoxy) is 1. The number of likely N-dealkylation sites (N-methyl/N-ethyl adjacent to an activating group) is 1. The van der Waals surface area contributed by atoms with E-state index >= 15 is 0 Å². The van der Waals surface area contributed by atoms with Crippen molar-refractivity contribution < 1.29 is 14.3 Å². The van der Waals surface area contributed by atoms with Gasteiger partial charge in [0.15, 0.2) is 6.10 Å². The minimum absolute atomic E-state index is 0.259. The summed E-state index contributed by atoms with van der Waals surface area (Å²) in [5.41, 5.74) is 2.39. The number of fused-ring (bicyclic) bond motifs is 1. The smallest absolute Gasteiger partial charge is 0.408 e. The summed E-state index contributed by atoms with van der Waals surface area (Å²) in [5, 5.41) is 3.83. The molecule has 1 amide bonds. The quantitative estimate of drug-likeness (QED) is 0.593. The monoisotopic (exact) mass is 435 g/mol. The zero-order valence-corrected chi connectivity index (χ0v) is 19.6. The van der Waals surface area contributed by atoms with Gasteiger partial charge in [0, 0.05) is 30.1 Å². The van der Waals surface area contributed by atoms with Crippen LogP contribution in [-0.2, 0) is 17.6 Å². The van der Waals surface area contributed by atoms with Crippen LogP contribution in [0.4, 0.5) is 4.79 Å². The zero-order chi connectivity index (χ0) is 23.3. The van der Waals surface area contributed by atoms with Gasteiger partial charge in [-0.25, -0.2) is 4.79 Å². The van der Waals surface area contributed by atoms with Crippen molar-refractivity contribution in [2.45, 2.75) is 45.3 Å². The number of carbonyl (C=O) groups excluding carboxylic acids is 2. The highest BCUT2D eigenvalue weighted by atomic mass is 16.6. The molecule has 0 aliphatic heterocycles. The molecule has 3 aromatic rings. The van der Waals surface area contributed by atoms with Crippen LogP contribution in [0.25, 0.3) is 10.9 Å². The first kappa shape index (κ1) is 23.5.